The highest BCUT2D eigenvalue weighted by Gasteiger charge is 2.29. The van der Waals surface area contributed by atoms with Gasteiger partial charge in [-0.1, -0.05) is 36.8 Å². The maximum atomic E-state index is 12.7. The van der Waals surface area contributed by atoms with Crippen molar-refractivity contribution in [3.63, 3.8) is 0 Å². The molecule has 3 rings (SSSR count). The van der Waals surface area contributed by atoms with Crippen LogP contribution in [0.3, 0.4) is 0 Å². The minimum absolute atomic E-state index is 0.0294. The van der Waals surface area contributed by atoms with Crippen LogP contribution < -0.4 is 9.64 Å². The van der Waals surface area contributed by atoms with Crippen LogP contribution >= 0.6 is 0 Å². The maximum Gasteiger partial charge on any atom is 0.251 e. The number of hydrogen-bond acceptors (Lipinski definition) is 2. The van der Waals surface area contributed by atoms with Crippen molar-refractivity contribution in [2.45, 2.75) is 32.7 Å². The Hall–Kier alpha value is -2.55. The fourth-order valence-corrected chi connectivity index (χ4v) is 3.18. The number of nitrogens with zero attached hydrogens (tertiary/aromatic N) is 1. The summed E-state index contributed by atoms with van der Waals surface area (Å²) in [6, 6.07) is 16.3. The minimum Gasteiger partial charge on any atom is -0.497 e. The lowest BCUT2D eigenvalue weighted by Gasteiger charge is -2.35. The number of benzene rings is 2. The number of rotatable bonds is 4. The molecule has 0 unspecified atom stereocenters. The topological polar surface area (TPSA) is 29.5 Å². The van der Waals surface area contributed by atoms with E-state index >= 15 is 0 Å². The molecule has 1 atom stereocenters. The van der Waals surface area contributed by atoms with Crippen molar-refractivity contribution < 1.29 is 9.53 Å². The van der Waals surface area contributed by atoms with Gasteiger partial charge in [-0.3, -0.25) is 4.79 Å². The Morgan fingerprint density at radius 2 is 1.75 bits per heavy atom. The normalized spacial score (nSPS) is 17.6. The molecule has 0 radical (unpaired) electrons. The fourth-order valence-electron chi connectivity index (χ4n) is 3.18. The Kier molecular flexibility index (Phi) is 4.70. The number of anilines is 1. The van der Waals surface area contributed by atoms with E-state index in [9.17, 15) is 4.79 Å². The molecule has 2 aromatic carbocycles. The van der Waals surface area contributed by atoms with Gasteiger partial charge in [-0.05, 0) is 55.2 Å². The van der Waals surface area contributed by atoms with Crippen LogP contribution in [0.15, 0.2) is 60.2 Å². The second-order valence-corrected chi connectivity index (χ2v) is 6.21. The zero-order valence-electron chi connectivity index (χ0n) is 14.5. The van der Waals surface area contributed by atoms with E-state index in [1.165, 1.54) is 11.1 Å². The van der Waals surface area contributed by atoms with Crippen LogP contribution in [0.4, 0.5) is 5.69 Å². The predicted octanol–water partition coefficient (Wildman–Crippen LogP) is 4.68. The highest BCUT2D eigenvalue weighted by Crippen LogP contribution is 2.36. The molecule has 0 aliphatic carbocycles. The van der Waals surface area contributed by atoms with E-state index in [4.69, 9.17) is 4.74 Å². The summed E-state index contributed by atoms with van der Waals surface area (Å²) in [6.45, 7) is 4.17. The lowest BCUT2D eigenvalue weighted by molar-refractivity contribution is -0.115. The molecule has 24 heavy (non-hydrogen) atoms. The molecule has 0 bridgehead atoms. The number of carbonyl (C=O) groups is 1. The molecule has 3 heteroatoms. The van der Waals surface area contributed by atoms with Gasteiger partial charge in [-0.15, -0.1) is 0 Å². The first kappa shape index (κ1) is 16.3. The Bertz CT molecular complexity index is 744. The van der Waals surface area contributed by atoms with Gasteiger partial charge < -0.3 is 9.64 Å². The van der Waals surface area contributed by atoms with Crippen molar-refractivity contribution in [3.05, 3.63) is 71.3 Å². The number of ether oxygens (including phenoxy) is 1. The highest BCUT2D eigenvalue weighted by atomic mass is 16.5. The van der Waals surface area contributed by atoms with Crippen molar-refractivity contribution in [1.29, 1.82) is 0 Å². The van der Waals surface area contributed by atoms with Crippen LogP contribution in [0.25, 0.3) is 0 Å². The van der Waals surface area contributed by atoms with E-state index in [0.29, 0.717) is 0 Å². The highest BCUT2D eigenvalue weighted by molar-refractivity contribution is 6.03. The molecule has 3 nitrogen and oxygen atoms in total. The van der Waals surface area contributed by atoms with E-state index in [2.05, 4.69) is 31.2 Å². The summed E-state index contributed by atoms with van der Waals surface area (Å²) >= 11 is 0. The number of hydrogen-bond donors (Lipinski definition) is 0. The SMILES string of the molecule is CCc1ccc([C@@H]2CC(C)=CC(=O)N2c2ccc(OC)cc2)cc1. The first-order valence-corrected chi connectivity index (χ1v) is 8.35. The second-order valence-electron chi connectivity index (χ2n) is 6.21. The number of amides is 1. The van der Waals surface area contributed by atoms with Gasteiger partial charge >= 0.3 is 0 Å². The van der Waals surface area contributed by atoms with Gasteiger partial charge in [0.25, 0.3) is 5.91 Å². The largest absolute Gasteiger partial charge is 0.497 e. The van der Waals surface area contributed by atoms with E-state index in [-0.39, 0.29) is 11.9 Å². The molecule has 0 saturated carbocycles. The average molecular weight is 321 g/mol. The van der Waals surface area contributed by atoms with Crippen LogP contribution in [-0.2, 0) is 11.2 Å². The lowest BCUT2D eigenvalue weighted by atomic mass is 9.93. The quantitative estimate of drug-likeness (QED) is 0.818. The Morgan fingerprint density at radius 1 is 1.08 bits per heavy atom. The molecule has 1 aliphatic heterocycles. The molecular formula is C21H23NO2. The van der Waals surface area contributed by atoms with Crippen LogP contribution in [0.5, 0.6) is 5.75 Å². The molecule has 0 N–H and O–H groups in total. The van der Waals surface area contributed by atoms with Gasteiger partial charge in [-0.25, -0.2) is 0 Å². The number of methoxy groups -OCH3 is 1. The minimum atomic E-state index is 0.0294. The van der Waals surface area contributed by atoms with Crippen LogP contribution in [0.2, 0.25) is 0 Å². The van der Waals surface area contributed by atoms with Crippen molar-refractivity contribution in [2.24, 2.45) is 0 Å². The molecule has 1 amide bonds. The third-order valence-electron chi connectivity index (χ3n) is 4.56. The van der Waals surface area contributed by atoms with Crippen LogP contribution in [-0.4, -0.2) is 13.0 Å². The van der Waals surface area contributed by atoms with E-state index < -0.39 is 0 Å². The van der Waals surface area contributed by atoms with E-state index in [0.717, 1.165) is 29.9 Å². The summed E-state index contributed by atoms with van der Waals surface area (Å²) in [6.07, 6.45) is 3.61. The Morgan fingerprint density at radius 3 is 2.33 bits per heavy atom. The first-order chi connectivity index (χ1) is 11.6. The molecule has 124 valence electrons. The standard InChI is InChI=1S/C21H23NO2/c1-4-16-5-7-17(8-6-16)20-13-15(2)14-21(23)22(20)18-9-11-19(24-3)12-10-18/h5-12,14,20H,4,13H2,1-3H3/t20-/m0/s1. The summed E-state index contributed by atoms with van der Waals surface area (Å²) in [5.74, 6) is 0.826. The van der Waals surface area contributed by atoms with Crippen molar-refractivity contribution >= 4 is 11.6 Å². The molecule has 2 aromatic rings. The summed E-state index contributed by atoms with van der Waals surface area (Å²) in [4.78, 5) is 14.6. The zero-order valence-corrected chi connectivity index (χ0v) is 14.5. The van der Waals surface area contributed by atoms with Crippen molar-refractivity contribution in [3.8, 4) is 5.75 Å². The summed E-state index contributed by atoms with van der Waals surface area (Å²) in [5.41, 5.74) is 4.50. The lowest BCUT2D eigenvalue weighted by Crippen LogP contribution is -2.37. The number of aryl methyl sites for hydroxylation is 1. The monoisotopic (exact) mass is 321 g/mol. The molecule has 0 fully saturated rings. The third kappa shape index (κ3) is 3.21. The number of carbonyl (C=O) groups excluding carboxylic acids is 1. The first-order valence-electron chi connectivity index (χ1n) is 8.35. The van der Waals surface area contributed by atoms with E-state index in [1.54, 1.807) is 13.2 Å². The van der Waals surface area contributed by atoms with Crippen molar-refractivity contribution in [2.75, 3.05) is 12.0 Å². The summed E-state index contributed by atoms with van der Waals surface area (Å²) in [5, 5.41) is 0. The molecular weight excluding hydrogens is 298 g/mol. The van der Waals surface area contributed by atoms with Crippen LogP contribution in [0, 0.1) is 0 Å². The summed E-state index contributed by atoms with van der Waals surface area (Å²) < 4.78 is 5.22. The van der Waals surface area contributed by atoms with Gasteiger partial charge in [0.2, 0.25) is 0 Å². The maximum absolute atomic E-state index is 12.7. The molecule has 0 aromatic heterocycles. The van der Waals surface area contributed by atoms with Gasteiger partial charge in [0, 0.05) is 11.8 Å². The molecule has 1 heterocycles. The second kappa shape index (κ2) is 6.91. The van der Waals surface area contributed by atoms with Crippen LogP contribution in [0.1, 0.15) is 37.4 Å². The van der Waals surface area contributed by atoms with Gasteiger partial charge in [0.15, 0.2) is 0 Å². The molecule has 1 aliphatic rings. The Labute approximate surface area is 143 Å². The summed E-state index contributed by atoms with van der Waals surface area (Å²) in [7, 11) is 1.64. The molecule has 0 spiro atoms. The zero-order chi connectivity index (χ0) is 17.1. The predicted molar refractivity (Wildman–Crippen MR) is 97.4 cm³/mol. The molecule has 0 saturated heterocycles. The van der Waals surface area contributed by atoms with Gasteiger partial charge in [-0.2, -0.15) is 0 Å². The fraction of sp³-hybridized carbons (Fsp3) is 0.286. The van der Waals surface area contributed by atoms with Gasteiger partial charge in [0.1, 0.15) is 5.75 Å². The Balaban J connectivity index is 1.99. The smallest absolute Gasteiger partial charge is 0.251 e. The third-order valence-corrected chi connectivity index (χ3v) is 4.56. The van der Waals surface area contributed by atoms with E-state index in [1.807, 2.05) is 36.1 Å². The van der Waals surface area contributed by atoms with Gasteiger partial charge in [0.05, 0.1) is 13.2 Å². The average Bonchev–Trinajstić information content (AvgIpc) is 2.61. The van der Waals surface area contributed by atoms with Crippen molar-refractivity contribution in [1.82, 2.24) is 0 Å².